The topological polar surface area (TPSA) is 74.8 Å². The fraction of sp³-hybridized carbons (Fsp3) is 0.273. The molecule has 0 N–H and O–H groups in total. The molecule has 0 aliphatic carbocycles. The Kier molecular flexibility index (Phi) is 5.36. The Morgan fingerprint density at radius 1 is 1.21 bits per heavy atom. The lowest BCUT2D eigenvalue weighted by Crippen LogP contribution is -2.28. The molecule has 1 aliphatic rings. The molecule has 1 saturated heterocycles. The molecule has 1 aromatic heterocycles. The number of anilines is 1. The minimum atomic E-state index is -0.189. The van der Waals surface area contributed by atoms with Gasteiger partial charge in [0.2, 0.25) is 5.91 Å². The van der Waals surface area contributed by atoms with Crippen molar-refractivity contribution in [3.63, 3.8) is 0 Å². The lowest BCUT2D eigenvalue weighted by Gasteiger charge is -2.16. The molecule has 0 radical (unpaired) electrons. The number of nitrogens with zero attached hydrogens (tertiary/aromatic N) is 5. The zero-order chi connectivity index (χ0) is 20.4. The van der Waals surface area contributed by atoms with Crippen LogP contribution in [0.4, 0.5) is 5.69 Å². The smallest absolute Gasteiger partial charge is 0.240 e. The summed E-state index contributed by atoms with van der Waals surface area (Å²) >= 11 is 1.48. The maximum Gasteiger partial charge on any atom is 0.240 e. The Balaban J connectivity index is 1.54. The molecule has 1 atom stereocenters. The molecule has 7 heteroatoms. The van der Waals surface area contributed by atoms with E-state index in [-0.39, 0.29) is 11.2 Å². The van der Waals surface area contributed by atoms with Gasteiger partial charge in [-0.3, -0.25) is 4.79 Å². The van der Waals surface area contributed by atoms with Gasteiger partial charge in [-0.05, 0) is 50.6 Å². The van der Waals surface area contributed by atoms with Crippen molar-refractivity contribution in [1.82, 2.24) is 14.8 Å². The van der Waals surface area contributed by atoms with Crippen LogP contribution in [0.1, 0.15) is 24.5 Å². The molecule has 2 aromatic carbocycles. The van der Waals surface area contributed by atoms with Crippen molar-refractivity contribution >= 4 is 23.4 Å². The van der Waals surface area contributed by atoms with Crippen LogP contribution in [0.25, 0.3) is 11.4 Å². The minimum absolute atomic E-state index is 0.0717. The van der Waals surface area contributed by atoms with Crippen molar-refractivity contribution in [2.24, 2.45) is 0 Å². The molecule has 0 spiro atoms. The average Bonchev–Trinajstić information content (AvgIpc) is 3.32. The van der Waals surface area contributed by atoms with Gasteiger partial charge in [0.15, 0.2) is 11.0 Å². The van der Waals surface area contributed by atoms with Gasteiger partial charge in [0.05, 0.1) is 16.9 Å². The van der Waals surface area contributed by atoms with E-state index in [1.165, 1.54) is 17.3 Å². The van der Waals surface area contributed by atoms with E-state index in [1.54, 1.807) is 17.0 Å². The second-order valence-corrected chi connectivity index (χ2v) is 8.13. The molecule has 4 rings (SSSR count). The van der Waals surface area contributed by atoms with Crippen LogP contribution < -0.4 is 4.90 Å². The van der Waals surface area contributed by atoms with Gasteiger partial charge in [-0.2, -0.15) is 5.26 Å². The van der Waals surface area contributed by atoms with E-state index in [1.807, 2.05) is 24.3 Å². The fourth-order valence-electron chi connectivity index (χ4n) is 3.52. The van der Waals surface area contributed by atoms with Gasteiger partial charge in [0.1, 0.15) is 0 Å². The van der Waals surface area contributed by atoms with Crippen molar-refractivity contribution in [2.75, 3.05) is 11.4 Å². The first kappa shape index (κ1) is 19.2. The highest BCUT2D eigenvalue weighted by molar-refractivity contribution is 8.00. The lowest BCUT2D eigenvalue weighted by atomic mass is 10.1. The largest absolute Gasteiger partial charge is 0.311 e. The van der Waals surface area contributed by atoms with Crippen molar-refractivity contribution < 1.29 is 4.79 Å². The van der Waals surface area contributed by atoms with E-state index >= 15 is 0 Å². The molecule has 1 amide bonds. The number of benzene rings is 2. The predicted molar refractivity (Wildman–Crippen MR) is 114 cm³/mol. The third-order valence-electron chi connectivity index (χ3n) is 5.02. The summed E-state index contributed by atoms with van der Waals surface area (Å²) < 4.78 is 2.07. The molecule has 146 valence electrons. The summed E-state index contributed by atoms with van der Waals surface area (Å²) in [6, 6.07) is 17.4. The standard InChI is InChI=1S/C22H21N5OS/c1-3-26-20(17-6-4-5-15(2)13-17)24-25-22(26)29-19-11-12-27(21(19)28)18-9-7-16(14-23)8-10-18/h4-10,13,19H,3,11-12H2,1-2H3. The van der Waals surface area contributed by atoms with Gasteiger partial charge in [-0.15, -0.1) is 10.2 Å². The van der Waals surface area contributed by atoms with Gasteiger partial charge < -0.3 is 9.47 Å². The van der Waals surface area contributed by atoms with Crippen molar-refractivity contribution in [3.05, 3.63) is 59.7 Å². The maximum absolute atomic E-state index is 13.0. The van der Waals surface area contributed by atoms with E-state index in [4.69, 9.17) is 5.26 Å². The SMILES string of the molecule is CCn1c(SC2CCN(c3ccc(C#N)cc3)C2=O)nnc1-c1cccc(C)c1. The Morgan fingerprint density at radius 2 is 2.00 bits per heavy atom. The minimum Gasteiger partial charge on any atom is -0.311 e. The summed E-state index contributed by atoms with van der Waals surface area (Å²) in [5.41, 5.74) is 3.62. The van der Waals surface area contributed by atoms with E-state index in [9.17, 15) is 4.79 Å². The van der Waals surface area contributed by atoms with Gasteiger partial charge in [-0.25, -0.2) is 0 Å². The zero-order valence-corrected chi connectivity index (χ0v) is 17.2. The van der Waals surface area contributed by atoms with Crippen LogP contribution in [0.2, 0.25) is 0 Å². The first-order chi connectivity index (χ1) is 14.1. The van der Waals surface area contributed by atoms with Gasteiger partial charge in [0, 0.05) is 24.3 Å². The molecular weight excluding hydrogens is 382 g/mol. The Hall–Kier alpha value is -3.11. The maximum atomic E-state index is 13.0. The van der Waals surface area contributed by atoms with Gasteiger partial charge in [-0.1, -0.05) is 35.5 Å². The second-order valence-electron chi connectivity index (χ2n) is 6.96. The summed E-state index contributed by atoms with van der Waals surface area (Å²) in [5, 5.41) is 18.3. The second kappa shape index (κ2) is 8.10. The molecule has 2 heterocycles. The van der Waals surface area contributed by atoms with Gasteiger partial charge >= 0.3 is 0 Å². The highest BCUT2D eigenvalue weighted by Gasteiger charge is 2.34. The quantitative estimate of drug-likeness (QED) is 0.643. The predicted octanol–water partition coefficient (Wildman–Crippen LogP) is 4.04. The van der Waals surface area contributed by atoms with Crippen LogP contribution in [0.5, 0.6) is 0 Å². The number of aromatic nitrogens is 3. The molecule has 1 fully saturated rings. The Bertz CT molecular complexity index is 1080. The third kappa shape index (κ3) is 3.76. The van der Waals surface area contributed by atoms with Crippen LogP contribution in [-0.2, 0) is 11.3 Å². The zero-order valence-electron chi connectivity index (χ0n) is 16.4. The van der Waals surface area contributed by atoms with Crippen LogP contribution in [0, 0.1) is 18.3 Å². The van der Waals surface area contributed by atoms with E-state index in [0.29, 0.717) is 12.1 Å². The summed E-state index contributed by atoms with van der Waals surface area (Å²) in [5.74, 6) is 0.899. The average molecular weight is 404 g/mol. The fourth-order valence-corrected chi connectivity index (χ4v) is 4.66. The van der Waals surface area contributed by atoms with Crippen LogP contribution in [0.15, 0.2) is 53.7 Å². The first-order valence-corrected chi connectivity index (χ1v) is 10.5. The monoisotopic (exact) mass is 403 g/mol. The van der Waals surface area contributed by atoms with Crippen LogP contribution in [0.3, 0.4) is 0 Å². The molecule has 1 aliphatic heterocycles. The van der Waals surface area contributed by atoms with Crippen molar-refractivity contribution in [1.29, 1.82) is 5.26 Å². The lowest BCUT2D eigenvalue weighted by molar-refractivity contribution is -0.116. The molecule has 0 saturated carbocycles. The molecular formula is C22H21N5OS. The number of thioether (sulfide) groups is 1. The number of hydrogen-bond acceptors (Lipinski definition) is 5. The molecule has 6 nitrogen and oxygen atoms in total. The Labute approximate surface area is 174 Å². The van der Waals surface area contributed by atoms with E-state index < -0.39 is 0 Å². The van der Waals surface area contributed by atoms with Gasteiger partial charge in [0.25, 0.3) is 0 Å². The highest BCUT2D eigenvalue weighted by Crippen LogP contribution is 2.34. The number of nitriles is 1. The molecule has 29 heavy (non-hydrogen) atoms. The molecule has 0 bridgehead atoms. The number of carbonyl (C=O) groups excluding carboxylic acids is 1. The number of hydrogen-bond donors (Lipinski definition) is 0. The Morgan fingerprint density at radius 3 is 2.69 bits per heavy atom. The van der Waals surface area contributed by atoms with E-state index in [2.05, 4.69) is 46.8 Å². The van der Waals surface area contributed by atoms with E-state index in [0.717, 1.165) is 35.2 Å². The third-order valence-corrected chi connectivity index (χ3v) is 6.26. The number of carbonyl (C=O) groups is 1. The molecule has 1 unspecified atom stereocenters. The van der Waals surface area contributed by atoms with Crippen LogP contribution in [-0.4, -0.2) is 32.5 Å². The summed E-state index contributed by atoms with van der Waals surface area (Å²) in [6.07, 6.45) is 0.750. The summed E-state index contributed by atoms with van der Waals surface area (Å²) in [6.45, 7) is 5.51. The summed E-state index contributed by atoms with van der Waals surface area (Å²) in [7, 11) is 0. The number of aryl methyl sites for hydroxylation is 1. The molecule has 3 aromatic rings. The van der Waals surface area contributed by atoms with Crippen molar-refractivity contribution in [2.45, 2.75) is 37.2 Å². The first-order valence-electron chi connectivity index (χ1n) is 9.59. The highest BCUT2D eigenvalue weighted by atomic mass is 32.2. The van der Waals surface area contributed by atoms with Crippen LogP contribution >= 0.6 is 11.8 Å². The number of rotatable bonds is 5. The van der Waals surface area contributed by atoms with Crippen molar-refractivity contribution in [3.8, 4) is 17.5 Å². The normalized spacial score (nSPS) is 16.2. The summed E-state index contributed by atoms with van der Waals surface area (Å²) in [4.78, 5) is 14.8. The number of amides is 1.